The molecule has 2 aliphatic rings. The Balaban J connectivity index is 1.90. The van der Waals surface area contributed by atoms with E-state index in [1.165, 1.54) is 0 Å². The van der Waals surface area contributed by atoms with Crippen LogP contribution in [0.4, 0.5) is 4.79 Å². The van der Waals surface area contributed by atoms with Crippen molar-refractivity contribution >= 4 is 29.6 Å². The molecule has 0 aromatic rings. The lowest BCUT2D eigenvalue weighted by atomic mass is 9.94. The Labute approximate surface area is 147 Å². The van der Waals surface area contributed by atoms with Gasteiger partial charge in [-0.05, 0) is 13.3 Å². The molecule has 2 atom stereocenters. The molecule has 2 heterocycles. The number of amides is 4. The molecule has 8 heteroatoms. The number of thioether (sulfide) groups is 1. The number of carbonyl (C=O) groups excluding carboxylic acids is 3. The lowest BCUT2D eigenvalue weighted by molar-refractivity contribution is -0.144. The van der Waals surface area contributed by atoms with E-state index in [9.17, 15) is 14.4 Å². The largest absolute Gasteiger partial charge is 0.350 e. The maximum atomic E-state index is 12.6. The Morgan fingerprint density at radius 3 is 2.58 bits per heavy atom. The van der Waals surface area contributed by atoms with Crippen LogP contribution in [0.15, 0.2) is 0 Å². The molecule has 0 bridgehead atoms. The summed E-state index contributed by atoms with van der Waals surface area (Å²) in [6.45, 7) is 9.24. The lowest BCUT2D eigenvalue weighted by Crippen LogP contribution is -2.52. The molecule has 4 amide bonds. The summed E-state index contributed by atoms with van der Waals surface area (Å²) in [5.74, 6) is 1.08. The molecule has 2 saturated heterocycles. The van der Waals surface area contributed by atoms with Crippen molar-refractivity contribution in [1.82, 2.24) is 20.4 Å². The van der Waals surface area contributed by atoms with Gasteiger partial charge in [-0.3, -0.25) is 9.59 Å². The third-order valence-corrected chi connectivity index (χ3v) is 5.25. The molecule has 2 N–H and O–H groups in total. The fourth-order valence-corrected chi connectivity index (χ4v) is 4.07. The average molecular weight is 356 g/mol. The zero-order chi connectivity index (χ0) is 17.9. The van der Waals surface area contributed by atoms with Crippen molar-refractivity contribution in [2.45, 2.75) is 46.2 Å². The fourth-order valence-electron chi connectivity index (χ4n) is 2.91. The Hall–Kier alpha value is -1.44. The minimum Gasteiger partial charge on any atom is -0.350 e. The third kappa shape index (κ3) is 4.34. The second kappa shape index (κ2) is 7.63. The van der Waals surface area contributed by atoms with Crippen molar-refractivity contribution in [3.63, 3.8) is 0 Å². The van der Waals surface area contributed by atoms with E-state index in [0.29, 0.717) is 31.3 Å². The lowest BCUT2D eigenvalue weighted by Gasteiger charge is -2.30. The van der Waals surface area contributed by atoms with E-state index in [1.807, 2.05) is 27.7 Å². The molecular weight excluding hydrogens is 328 g/mol. The molecule has 0 saturated carbocycles. The molecule has 136 valence electrons. The summed E-state index contributed by atoms with van der Waals surface area (Å²) >= 11 is 1.60. The Bertz CT molecular complexity index is 506. The van der Waals surface area contributed by atoms with Crippen LogP contribution in [0, 0.1) is 5.41 Å². The third-order valence-electron chi connectivity index (χ3n) is 4.24. The normalized spacial score (nSPS) is 24.2. The van der Waals surface area contributed by atoms with Gasteiger partial charge in [-0.1, -0.05) is 20.8 Å². The van der Waals surface area contributed by atoms with E-state index in [0.717, 1.165) is 6.42 Å². The van der Waals surface area contributed by atoms with Crippen molar-refractivity contribution in [1.29, 1.82) is 0 Å². The van der Waals surface area contributed by atoms with Gasteiger partial charge in [0.15, 0.2) is 0 Å². The van der Waals surface area contributed by atoms with E-state index in [2.05, 4.69) is 10.6 Å². The summed E-state index contributed by atoms with van der Waals surface area (Å²) in [6.07, 6.45) is 0.746. The van der Waals surface area contributed by atoms with Crippen LogP contribution in [-0.2, 0) is 9.59 Å². The molecule has 0 spiro atoms. The molecule has 0 aromatic carbocycles. The van der Waals surface area contributed by atoms with Gasteiger partial charge in [-0.25, -0.2) is 4.79 Å². The summed E-state index contributed by atoms with van der Waals surface area (Å²) < 4.78 is 0. The number of hydrogen-bond acceptors (Lipinski definition) is 4. The van der Waals surface area contributed by atoms with E-state index < -0.39 is 11.5 Å². The van der Waals surface area contributed by atoms with Crippen LogP contribution in [-0.4, -0.2) is 71.0 Å². The van der Waals surface area contributed by atoms with E-state index in [4.69, 9.17) is 0 Å². The van der Waals surface area contributed by atoms with Gasteiger partial charge < -0.3 is 20.4 Å². The highest BCUT2D eigenvalue weighted by Gasteiger charge is 2.40. The topological polar surface area (TPSA) is 81.8 Å². The van der Waals surface area contributed by atoms with Crippen LogP contribution in [0.5, 0.6) is 0 Å². The summed E-state index contributed by atoms with van der Waals surface area (Å²) in [5, 5.41) is 5.79. The number of hydrogen-bond donors (Lipinski definition) is 2. The van der Waals surface area contributed by atoms with Gasteiger partial charge in [0, 0.05) is 36.8 Å². The Kier molecular flexibility index (Phi) is 6.01. The zero-order valence-electron chi connectivity index (χ0n) is 14.9. The van der Waals surface area contributed by atoms with Gasteiger partial charge in [0.2, 0.25) is 11.8 Å². The maximum absolute atomic E-state index is 12.6. The second-order valence-electron chi connectivity index (χ2n) is 7.32. The van der Waals surface area contributed by atoms with Gasteiger partial charge in [-0.15, -0.1) is 11.8 Å². The SMILES string of the molecule is CCNC(=O)N1CC[C@H](NC(=O)[C@H]2CSCN2C(=O)C(C)(C)C)C1. The first-order chi connectivity index (χ1) is 11.2. The standard InChI is InChI=1S/C16H28N4O3S/c1-5-17-15(23)19-7-6-11(8-19)18-13(21)12-9-24-10-20(12)14(22)16(2,3)4/h11-12H,5-10H2,1-4H3,(H,17,23)(H,18,21)/t11-,12+/m0/s1. The minimum atomic E-state index is -0.494. The summed E-state index contributed by atoms with van der Waals surface area (Å²) in [7, 11) is 0. The maximum Gasteiger partial charge on any atom is 0.317 e. The predicted molar refractivity (Wildman–Crippen MR) is 94.6 cm³/mol. The number of nitrogens with one attached hydrogen (secondary N) is 2. The number of nitrogens with zero attached hydrogens (tertiary/aromatic N) is 2. The van der Waals surface area contributed by atoms with Gasteiger partial charge in [0.25, 0.3) is 0 Å². The highest BCUT2D eigenvalue weighted by atomic mass is 32.2. The van der Waals surface area contributed by atoms with Crippen molar-refractivity contribution in [3.05, 3.63) is 0 Å². The minimum absolute atomic E-state index is 0.00280. The first kappa shape index (κ1) is 18.9. The molecule has 0 unspecified atom stereocenters. The Morgan fingerprint density at radius 2 is 1.96 bits per heavy atom. The highest BCUT2D eigenvalue weighted by Crippen LogP contribution is 2.27. The number of carbonyl (C=O) groups is 3. The van der Waals surface area contributed by atoms with Gasteiger partial charge >= 0.3 is 6.03 Å². The van der Waals surface area contributed by atoms with Crippen molar-refractivity contribution in [2.75, 3.05) is 31.3 Å². The zero-order valence-corrected chi connectivity index (χ0v) is 15.7. The summed E-state index contributed by atoms with van der Waals surface area (Å²) in [6, 6.07) is -0.548. The molecule has 2 fully saturated rings. The summed E-state index contributed by atoms with van der Waals surface area (Å²) in [4.78, 5) is 40.3. The number of likely N-dealkylation sites (tertiary alicyclic amines) is 1. The highest BCUT2D eigenvalue weighted by molar-refractivity contribution is 7.99. The first-order valence-corrected chi connectivity index (χ1v) is 9.61. The van der Waals surface area contributed by atoms with Crippen molar-refractivity contribution < 1.29 is 14.4 Å². The van der Waals surface area contributed by atoms with Crippen LogP contribution in [0.3, 0.4) is 0 Å². The smallest absolute Gasteiger partial charge is 0.317 e. The molecule has 0 aromatic heterocycles. The Morgan fingerprint density at radius 1 is 1.25 bits per heavy atom. The second-order valence-corrected chi connectivity index (χ2v) is 8.32. The first-order valence-electron chi connectivity index (χ1n) is 8.46. The molecule has 2 rings (SSSR count). The van der Waals surface area contributed by atoms with Gasteiger partial charge in [0.1, 0.15) is 6.04 Å². The van der Waals surface area contributed by atoms with Crippen molar-refractivity contribution in [3.8, 4) is 0 Å². The van der Waals surface area contributed by atoms with Crippen molar-refractivity contribution in [2.24, 2.45) is 5.41 Å². The van der Waals surface area contributed by atoms with Crippen LogP contribution >= 0.6 is 11.8 Å². The predicted octanol–water partition coefficient (Wildman–Crippen LogP) is 0.854. The van der Waals surface area contributed by atoms with Crippen LogP contribution in [0.25, 0.3) is 0 Å². The van der Waals surface area contributed by atoms with Gasteiger partial charge in [0.05, 0.1) is 5.88 Å². The van der Waals surface area contributed by atoms with Crippen LogP contribution < -0.4 is 10.6 Å². The van der Waals surface area contributed by atoms with E-state index >= 15 is 0 Å². The van der Waals surface area contributed by atoms with Crippen LogP contribution in [0.1, 0.15) is 34.1 Å². The van der Waals surface area contributed by atoms with Crippen LogP contribution in [0.2, 0.25) is 0 Å². The molecular formula is C16H28N4O3S. The number of rotatable bonds is 3. The van der Waals surface area contributed by atoms with E-state index in [-0.39, 0.29) is 23.9 Å². The molecule has 2 aliphatic heterocycles. The summed E-state index contributed by atoms with van der Waals surface area (Å²) in [5.41, 5.74) is -0.494. The number of urea groups is 1. The quantitative estimate of drug-likeness (QED) is 0.786. The molecule has 7 nitrogen and oxygen atoms in total. The van der Waals surface area contributed by atoms with Gasteiger partial charge in [-0.2, -0.15) is 0 Å². The monoisotopic (exact) mass is 356 g/mol. The molecule has 0 aliphatic carbocycles. The molecule has 24 heavy (non-hydrogen) atoms. The van der Waals surface area contributed by atoms with E-state index in [1.54, 1.807) is 21.6 Å². The molecule has 0 radical (unpaired) electrons. The average Bonchev–Trinajstić information content (AvgIpc) is 3.14. The fraction of sp³-hybridized carbons (Fsp3) is 0.812.